The van der Waals surface area contributed by atoms with E-state index in [9.17, 15) is 8.42 Å². The molecule has 0 aromatic heterocycles. The van der Waals surface area contributed by atoms with Crippen molar-refractivity contribution in [3.63, 3.8) is 0 Å². The van der Waals surface area contributed by atoms with E-state index in [1.165, 1.54) is 12.1 Å². The van der Waals surface area contributed by atoms with Crippen LogP contribution in [0.4, 0.5) is 5.69 Å². The van der Waals surface area contributed by atoms with E-state index in [2.05, 4.69) is 0 Å². The van der Waals surface area contributed by atoms with E-state index < -0.39 is 21.0 Å². The lowest BCUT2D eigenvalue weighted by atomic mass is 9.88. The van der Waals surface area contributed by atoms with Crippen molar-refractivity contribution in [2.24, 2.45) is 5.10 Å². The minimum atomic E-state index is -3.42. The molecule has 3 aromatic carbocycles. The standard InChI is InChI=1S/C24H21Cl2N2O5PS/c1-31-23(15-8-10-16(25)11-9-15)24(32-2)22(18-6-4-5-7-21(18)33-23)27-28(34-24)20-13-12-17(14-19(20)26)35(3,29)30/h4-14,34H,1-3H3. The molecule has 0 N–H and O–H groups in total. The molecule has 2 heterocycles. The van der Waals surface area contributed by atoms with E-state index in [4.69, 9.17) is 42.5 Å². The molecule has 35 heavy (non-hydrogen) atoms. The van der Waals surface area contributed by atoms with Crippen LogP contribution in [-0.2, 0) is 25.1 Å². The van der Waals surface area contributed by atoms with Crippen LogP contribution in [0.3, 0.4) is 0 Å². The van der Waals surface area contributed by atoms with Gasteiger partial charge in [-0.2, -0.15) is 5.10 Å². The van der Waals surface area contributed by atoms with Gasteiger partial charge in [0.25, 0.3) is 5.79 Å². The largest absolute Gasteiger partial charge is 0.453 e. The summed E-state index contributed by atoms with van der Waals surface area (Å²) in [5.41, 5.74) is 2.60. The van der Waals surface area contributed by atoms with Crippen molar-refractivity contribution in [3.05, 3.63) is 87.9 Å². The number of hydrogen-bond donors (Lipinski definition) is 0. The number of fused-ring (bicyclic) bond motifs is 3. The lowest BCUT2D eigenvalue weighted by Crippen LogP contribution is -2.61. The fourth-order valence-corrected chi connectivity index (χ4v) is 7.12. The quantitative estimate of drug-likeness (QED) is 0.393. The monoisotopic (exact) mass is 550 g/mol. The minimum Gasteiger partial charge on any atom is -0.453 e. The number of nitrogens with zero attached hydrogens (tertiary/aromatic N) is 2. The molecule has 2 aliphatic rings. The maximum absolute atomic E-state index is 12.0. The molecule has 3 aromatic rings. The average Bonchev–Trinajstić information content (AvgIpc) is 3.25. The molecule has 0 saturated carbocycles. The van der Waals surface area contributed by atoms with Gasteiger partial charge in [-0.05, 0) is 42.5 Å². The zero-order chi connectivity index (χ0) is 25.0. The van der Waals surface area contributed by atoms with Gasteiger partial charge < -0.3 is 14.2 Å². The van der Waals surface area contributed by atoms with Crippen molar-refractivity contribution >= 4 is 53.2 Å². The summed E-state index contributed by atoms with van der Waals surface area (Å²) in [5, 5.41) is 4.57. The van der Waals surface area contributed by atoms with Crippen LogP contribution >= 0.6 is 31.9 Å². The van der Waals surface area contributed by atoms with E-state index in [0.717, 1.165) is 11.8 Å². The van der Waals surface area contributed by atoms with Crippen molar-refractivity contribution in [2.75, 3.05) is 25.3 Å². The predicted octanol–water partition coefficient (Wildman–Crippen LogP) is 5.45. The number of anilines is 1. The number of halogens is 2. The summed E-state index contributed by atoms with van der Waals surface area (Å²) >= 11 is 12.7. The van der Waals surface area contributed by atoms with Gasteiger partial charge in [-0.3, -0.25) is 0 Å². The van der Waals surface area contributed by atoms with Crippen molar-refractivity contribution in [2.45, 2.75) is 16.0 Å². The summed E-state index contributed by atoms with van der Waals surface area (Å²) < 4.78 is 44.7. The number of hydrogen-bond acceptors (Lipinski definition) is 7. The highest BCUT2D eigenvalue weighted by atomic mass is 35.5. The first-order valence-corrected chi connectivity index (χ1v) is 14.1. The summed E-state index contributed by atoms with van der Waals surface area (Å²) in [7, 11) is -0.435. The molecule has 3 unspecified atom stereocenters. The molecule has 0 saturated heterocycles. The number of rotatable bonds is 5. The zero-order valence-electron chi connectivity index (χ0n) is 19.0. The van der Waals surface area contributed by atoms with E-state index in [1.807, 2.05) is 36.4 Å². The van der Waals surface area contributed by atoms with Crippen LogP contribution in [0.5, 0.6) is 5.75 Å². The number of ether oxygens (including phenoxy) is 3. The van der Waals surface area contributed by atoms with Crippen LogP contribution in [-0.4, -0.2) is 39.9 Å². The Bertz CT molecular complexity index is 1450. The second-order valence-electron chi connectivity index (χ2n) is 8.07. The summed E-state index contributed by atoms with van der Waals surface area (Å²) in [6, 6.07) is 19.3. The lowest BCUT2D eigenvalue weighted by molar-refractivity contribution is -0.238. The van der Waals surface area contributed by atoms with Crippen molar-refractivity contribution in [1.82, 2.24) is 0 Å². The zero-order valence-corrected chi connectivity index (χ0v) is 22.3. The van der Waals surface area contributed by atoms with Crippen LogP contribution in [0, 0.1) is 0 Å². The van der Waals surface area contributed by atoms with Gasteiger partial charge in [0.1, 0.15) is 11.5 Å². The Kier molecular flexibility index (Phi) is 6.11. The smallest absolute Gasteiger partial charge is 0.278 e. The highest BCUT2D eigenvalue weighted by Gasteiger charge is 2.67. The summed E-state index contributed by atoms with van der Waals surface area (Å²) in [6.45, 7) is 0. The second-order valence-corrected chi connectivity index (χ2v) is 12.3. The fraction of sp³-hybridized carbons (Fsp3) is 0.208. The Morgan fingerprint density at radius 3 is 2.34 bits per heavy atom. The highest BCUT2D eigenvalue weighted by molar-refractivity contribution is 7.90. The molecule has 0 aliphatic carbocycles. The van der Waals surface area contributed by atoms with Gasteiger partial charge in [0, 0.05) is 36.6 Å². The molecule has 0 spiro atoms. The van der Waals surface area contributed by atoms with Crippen molar-refractivity contribution in [3.8, 4) is 5.75 Å². The molecule has 5 rings (SSSR count). The third kappa shape index (κ3) is 3.75. The maximum atomic E-state index is 12.0. The van der Waals surface area contributed by atoms with Gasteiger partial charge in [0.2, 0.25) is 5.34 Å². The molecule has 11 heteroatoms. The topological polar surface area (TPSA) is 77.4 Å². The third-order valence-corrected chi connectivity index (χ3v) is 9.35. The Hall–Kier alpha value is -2.19. The van der Waals surface area contributed by atoms with Crippen molar-refractivity contribution < 1.29 is 22.6 Å². The van der Waals surface area contributed by atoms with E-state index in [1.54, 1.807) is 37.2 Å². The number of hydrazone groups is 1. The third-order valence-electron chi connectivity index (χ3n) is 6.05. The Labute approximate surface area is 215 Å². The van der Waals surface area contributed by atoms with Gasteiger partial charge in [-0.25, -0.2) is 13.2 Å². The van der Waals surface area contributed by atoms with E-state index in [-0.39, 0.29) is 18.6 Å². The summed E-state index contributed by atoms with van der Waals surface area (Å²) in [5.74, 6) is -0.813. The lowest BCUT2D eigenvalue weighted by Gasteiger charge is -2.49. The average molecular weight is 551 g/mol. The van der Waals surface area contributed by atoms with Crippen LogP contribution in [0.2, 0.25) is 10.0 Å². The van der Waals surface area contributed by atoms with Crippen LogP contribution in [0.15, 0.2) is 76.7 Å². The maximum Gasteiger partial charge on any atom is 0.278 e. The molecule has 0 radical (unpaired) electrons. The van der Waals surface area contributed by atoms with Gasteiger partial charge in [-0.1, -0.05) is 47.5 Å². The minimum absolute atomic E-state index is 0.126. The molecule has 3 atom stereocenters. The van der Waals surface area contributed by atoms with Gasteiger partial charge in [0.15, 0.2) is 9.84 Å². The molecular weight excluding hydrogens is 530 g/mol. The van der Waals surface area contributed by atoms with Crippen molar-refractivity contribution in [1.29, 1.82) is 0 Å². The molecule has 0 bridgehead atoms. The molecule has 2 aliphatic heterocycles. The van der Waals surface area contributed by atoms with Crippen LogP contribution < -0.4 is 9.52 Å². The Balaban J connectivity index is 1.72. The number of sulfone groups is 1. The SMILES string of the molecule is COC12PN(c3ccc(S(C)(=O)=O)cc3Cl)N=C1c1ccccc1OC2(OC)c1ccc(Cl)cc1. The first-order chi connectivity index (χ1) is 16.6. The molecule has 182 valence electrons. The van der Waals surface area contributed by atoms with E-state index >= 15 is 0 Å². The summed E-state index contributed by atoms with van der Waals surface area (Å²) in [4.78, 5) is 0.126. The van der Waals surface area contributed by atoms with E-state index in [0.29, 0.717) is 27.7 Å². The number of para-hydroxylation sites is 1. The number of methoxy groups -OCH3 is 2. The first kappa shape index (κ1) is 24.5. The molecule has 7 nitrogen and oxygen atoms in total. The molecular formula is C24H21Cl2N2O5PS. The number of benzene rings is 3. The highest BCUT2D eigenvalue weighted by Crippen LogP contribution is 2.61. The predicted molar refractivity (Wildman–Crippen MR) is 139 cm³/mol. The second kappa shape index (κ2) is 8.73. The van der Waals surface area contributed by atoms with Gasteiger partial charge in [0.05, 0.1) is 24.3 Å². The molecule has 0 amide bonds. The molecule has 0 fully saturated rings. The normalized spacial score (nSPS) is 24.0. The van der Waals surface area contributed by atoms with Crippen LogP contribution in [0.25, 0.3) is 0 Å². The summed E-state index contributed by atoms with van der Waals surface area (Å²) in [6.07, 6.45) is 1.14. The van der Waals surface area contributed by atoms with Gasteiger partial charge in [-0.15, -0.1) is 0 Å². The Morgan fingerprint density at radius 2 is 1.71 bits per heavy atom. The van der Waals surface area contributed by atoms with Gasteiger partial charge >= 0.3 is 0 Å². The van der Waals surface area contributed by atoms with Crippen LogP contribution in [0.1, 0.15) is 11.1 Å². The first-order valence-electron chi connectivity index (χ1n) is 10.5. The Morgan fingerprint density at radius 1 is 1.00 bits per heavy atom. The fourth-order valence-electron chi connectivity index (χ4n) is 4.36.